The van der Waals surface area contributed by atoms with E-state index < -0.39 is 17.7 Å². The van der Waals surface area contributed by atoms with E-state index in [9.17, 15) is 14.7 Å². The van der Waals surface area contributed by atoms with Crippen LogP contribution in [0.1, 0.15) is 48.6 Å². The number of hydrogen-bond acceptors (Lipinski definition) is 8. The number of anilines is 1. The number of hydrogen-bond donors (Lipinski definition) is 1. The molecule has 1 amide bonds. The van der Waals surface area contributed by atoms with E-state index in [1.165, 1.54) is 23.3 Å². The molecule has 1 unspecified atom stereocenters. The summed E-state index contributed by atoms with van der Waals surface area (Å²) < 4.78 is 17.5. The Hall–Kier alpha value is -4.63. The summed E-state index contributed by atoms with van der Waals surface area (Å²) in [5.74, 6) is 0.251. The van der Waals surface area contributed by atoms with Crippen molar-refractivity contribution in [3.63, 3.8) is 0 Å². The number of ketones is 1. The monoisotopic (exact) mass is 598 g/mol. The fourth-order valence-electron chi connectivity index (χ4n) is 4.89. The van der Waals surface area contributed by atoms with Gasteiger partial charge in [0.05, 0.1) is 25.3 Å². The molecule has 5 rings (SSSR count). The third-order valence-electron chi connectivity index (χ3n) is 7.14. The van der Waals surface area contributed by atoms with Gasteiger partial charge in [0.25, 0.3) is 5.78 Å². The SMILES string of the molecule is COc1cc(C2C(=C(O)c3ccc(OCc4cccc(C)c4)cc3)C(=O)C(=O)N2c2nccs2)ccc1OCCC(C)C. The van der Waals surface area contributed by atoms with Crippen molar-refractivity contribution >= 4 is 33.9 Å². The number of nitrogens with zero attached hydrogens (tertiary/aromatic N) is 2. The number of methoxy groups -OCH3 is 1. The number of thiazole rings is 1. The van der Waals surface area contributed by atoms with E-state index in [2.05, 4.69) is 24.9 Å². The molecule has 1 aromatic heterocycles. The maximum atomic E-state index is 13.5. The molecule has 3 aromatic carbocycles. The molecule has 222 valence electrons. The lowest BCUT2D eigenvalue weighted by Crippen LogP contribution is -2.29. The van der Waals surface area contributed by atoms with Gasteiger partial charge in [-0.15, -0.1) is 11.3 Å². The second-order valence-electron chi connectivity index (χ2n) is 10.7. The molecule has 1 atom stereocenters. The molecule has 1 saturated heterocycles. The van der Waals surface area contributed by atoms with Gasteiger partial charge in [-0.05, 0) is 66.8 Å². The van der Waals surface area contributed by atoms with Gasteiger partial charge in [0.15, 0.2) is 16.6 Å². The van der Waals surface area contributed by atoms with Crippen molar-refractivity contribution in [1.29, 1.82) is 0 Å². The molecular formula is C34H34N2O6S. The summed E-state index contributed by atoms with van der Waals surface area (Å²) in [7, 11) is 1.54. The highest BCUT2D eigenvalue weighted by atomic mass is 32.1. The Balaban J connectivity index is 1.49. The number of benzene rings is 3. The van der Waals surface area contributed by atoms with Crippen LogP contribution < -0.4 is 19.1 Å². The average Bonchev–Trinajstić information content (AvgIpc) is 3.62. The minimum Gasteiger partial charge on any atom is -0.507 e. The van der Waals surface area contributed by atoms with Crippen LogP contribution in [0.5, 0.6) is 17.2 Å². The molecule has 0 bridgehead atoms. The molecule has 0 radical (unpaired) electrons. The number of ether oxygens (including phenoxy) is 3. The van der Waals surface area contributed by atoms with Gasteiger partial charge >= 0.3 is 5.91 Å². The number of aryl methyl sites for hydroxylation is 1. The summed E-state index contributed by atoms with van der Waals surface area (Å²) in [5, 5.41) is 13.6. The molecule has 0 spiro atoms. The number of rotatable bonds is 11. The number of aliphatic hydroxyl groups excluding tert-OH is 1. The van der Waals surface area contributed by atoms with Crippen LogP contribution in [0, 0.1) is 12.8 Å². The molecule has 4 aromatic rings. The number of aliphatic hydroxyl groups is 1. The summed E-state index contributed by atoms with van der Waals surface area (Å²) >= 11 is 1.23. The summed E-state index contributed by atoms with van der Waals surface area (Å²) in [6, 6.07) is 19.2. The Labute approximate surface area is 255 Å². The maximum Gasteiger partial charge on any atom is 0.301 e. The zero-order valence-electron chi connectivity index (χ0n) is 24.6. The first-order valence-electron chi connectivity index (χ1n) is 14.1. The van der Waals surface area contributed by atoms with Crippen molar-refractivity contribution in [2.24, 2.45) is 5.92 Å². The highest BCUT2D eigenvalue weighted by molar-refractivity contribution is 7.14. The van der Waals surface area contributed by atoms with Crippen LogP contribution in [-0.4, -0.2) is 35.5 Å². The van der Waals surface area contributed by atoms with E-state index in [0.29, 0.717) is 52.6 Å². The molecule has 2 heterocycles. The molecule has 1 fully saturated rings. The summed E-state index contributed by atoms with van der Waals surface area (Å²) in [4.78, 5) is 32.5. The van der Waals surface area contributed by atoms with Gasteiger partial charge in [-0.3, -0.25) is 14.5 Å². The molecule has 1 N–H and O–H groups in total. The zero-order valence-corrected chi connectivity index (χ0v) is 25.4. The van der Waals surface area contributed by atoms with E-state index >= 15 is 0 Å². The number of aromatic nitrogens is 1. The third-order valence-corrected chi connectivity index (χ3v) is 7.91. The lowest BCUT2D eigenvalue weighted by atomic mass is 9.95. The quantitative estimate of drug-likeness (QED) is 0.112. The van der Waals surface area contributed by atoms with Gasteiger partial charge in [-0.25, -0.2) is 4.98 Å². The molecule has 43 heavy (non-hydrogen) atoms. The molecular weight excluding hydrogens is 564 g/mol. The summed E-state index contributed by atoms with van der Waals surface area (Å²) in [5.41, 5.74) is 3.11. The Morgan fingerprint density at radius 3 is 2.49 bits per heavy atom. The van der Waals surface area contributed by atoms with Crippen LogP contribution >= 0.6 is 11.3 Å². The van der Waals surface area contributed by atoms with Gasteiger partial charge in [0.1, 0.15) is 18.1 Å². The first-order valence-corrected chi connectivity index (χ1v) is 14.9. The average molecular weight is 599 g/mol. The van der Waals surface area contributed by atoms with E-state index in [-0.39, 0.29) is 11.3 Å². The lowest BCUT2D eigenvalue weighted by Gasteiger charge is -2.24. The summed E-state index contributed by atoms with van der Waals surface area (Å²) in [6.07, 6.45) is 2.45. The minimum absolute atomic E-state index is 0.0378. The third kappa shape index (κ3) is 6.57. The van der Waals surface area contributed by atoms with E-state index in [4.69, 9.17) is 14.2 Å². The fourth-order valence-corrected chi connectivity index (χ4v) is 5.56. The van der Waals surface area contributed by atoms with Crippen molar-refractivity contribution < 1.29 is 28.9 Å². The van der Waals surface area contributed by atoms with Gasteiger partial charge in [0, 0.05) is 17.1 Å². The highest BCUT2D eigenvalue weighted by Gasteiger charge is 2.48. The van der Waals surface area contributed by atoms with Gasteiger partial charge in [-0.2, -0.15) is 0 Å². The first kappa shape index (κ1) is 29.8. The second kappa shape index (κ2) is 13.1. The molecule has 1 aliphatic rings. The van der Waals surface area contributed by atoms with Crippen LogP contribution in [0.4, 0.5) is 5.13 Å². The Bertz CT molecular complexity index is 1630. The van der Waals surface area contributed by atoms with Crippen molar-refractivity contribution in [1.82, 2.24) is 4.98 Å². The second-order valence-corrected chi connectivity index (χ2v) is 11.6. The van der Waals surface area contributed by atoms with Crippen LogP contribution in [0.3, 0.4) is 0 Å². The Kier molecular flexibility index (Phi) is 9.11. The number of amides is 1. The van der Waals surface area contributed by atoms with Crippen molar-refractivity contribution in [2.45, 2.75) is 39.8 Å². The van der Waals surface area contributed by atoms with Crippen molar-refractivity contribution in [3.8, 4) is 17.2 Å². The Morgan fingerprint density at radius 2 is 1.81 bits per heavy atom. The molecule has 1 aliphatic heterocycles. The molecule has 0 aliphatic carbocycles. The predicted molar refractivity (Wildman–Crippen MR) is 167 cm³/mol. The van der Waals surface area contributed by atoms with Gasteiger partial charge in [-0.1, -0.05) is 49.7 Å². The fraction of sp³-hybridized carbons (Fsp3) is 0.265. The largest absolute Gasteiger partial charge is 0.507 e. The van der Waals surface area contributed by atoms with Crippen LogP contribution in [0.2, 0.25) is 0 Å². The number of Topliss-reactive ketones (excluding diaryl/α,β-unsaturated/α-hetero) is 1. The Morgan fingerprint density at radius 1 is 1.02 bits per heavy atom. The molecule has 8 nitrogen and oxygen atoms in total. The van der Waals surface area contributed by atoms with Crippen LogP contribution in [0.25, 0.3) is 5.76 Å². The number of carbonyl (C=O) groups is 2. The normalized spacial score (nSPS) is 16.1. The summed E-state index contributed by atoms with van der Waals surface area (Å²) in [6.45, 7) is 7.19. The van der Waals surface area contributed by atoms with E-state index in [1.807, 2.05) is 25.1 Å². The zero-order chi connectivity index (χ0) is 30.5. The van der Waals surface area contributed by atoms with Crippen molar-refractivity contribution in [2.75, 3.05) is 18.6 Å². The number of carbonyl (C=O) groups excluding carboxylic acids is 2. The van der Waals surface area contributed by atoms with Crippen LogP contribution in [0.15, 0.2) is 83.9 Å². The molecule has 0 saturated carbocycles. The van der Waals surface area contributed by atoms with Gasteiger partial charge in [0.2, 0.25) is 0 Å². The lowest BCUT2D eigenvalue weighted by molar-refractivity contribution is -0.132. The van der Waals surface area contributed by atoms with Crippen molar-refractivity contribution in [3.05, 3.63) is 106 Å². The highest BCUT2D eigenvalue weighted by Crippen LogP contribution is 2.44. The maximum absolute atomic E-state index is 13.5. The van der Waals surface area contributed by atoms with E-state index in [1.54, 1.807) is 54.0 Å². The van der Waals surface area contributed by atoms with Crippen LogP contribution in [-0.2, 0) is 16.2 Å². The van der Waals surface area contributed by atoms with Gasteiger partial charge < -0.3 is 19.3 Å². The topological polar surface area (TPSA) is 98.2 Å². The molecule has 9 heteroatoms. The first-order chi connectivity index (χ1) is 20.8. The minimum atomic E-state index is -0.929. The van der Waals surface area contributed by atoms with E-state index in [0.717, 1.165) is 17.5 Å². The standard InChI is InChI=1S/C34H34N2O6S/c1-21(2)14-16-41-27-13-10-25(19-28(27)40-4)30-29(32(38)33(39)36(30)34-35-15-17-43-34)31(37)24-8-11-26(12-9-24)42-20-23-7-5-6-22(3)18-23/h5-13,15,17-19,21,30,37H,14,16,20H2,1-4H3. The smallest absolute Gasteiger partial charge is 0.301 e. The predicted octanol–water partition coefficient (Wildman–Crippen LogP) is 7.09.